The number of nitrogens with zero attached hydrogens (tertiary/aromatic N) is 2. The minimum Gasteiger partial charge on any atom is -0.462 e. The van der Waals surface area contributed by atoms with Gasteiger partial charge in [-0.1, -0.05) is 19.9 Å². The van der Waals surface area contributed by atoms with Crippen LogP contribution in [0.5, 0.6) is 0 Å². The van der Waals surface area contributed by atoms with Gasteiger partial charge in [-0.05, 0) is 55.7 Å². The molecule has 0 amide bonds. The normalized spacial score (nSPS) is 12.3. The fourth-order valence-electron chi connectivity index (χ4n) is 3.25. The molecule has 142 valence electrons. The smallest absolute Gasteiger partial charge is 0.338 e. The molecule has 0 bridgehead atoms. The second kappa shape index (κ2) is 8.82. The van der Waals surface area contributed by atoms with Gasteiger partial charge in [0.25, 0.3) is 0 Å². The summed E-state index contributed by atoms with van der Waals surface area (Å²) in [5.41, 5.74) is 4.33. The number of fused-ring (bicyclic) bond motifs is 1. The Bertz CT molecular complexity index is 903. The van der Waals surface area contributed by atoms with E-state index in [1.165, 1.54) is 0 Å². The monoisotopic (exact) mass is 366 g/mol. The van der Waals surface area contributed by atoms with Crippen molar-refractivity contribution in [1.29, 1.82) is 0 Å². The van der Waals surface area contributed by atoms with Gasteiger partial charge in [-0.3, -0.25) is 4.98 Å². The molecule has 5 heteroatoms. The van der Waals surface area contributed by atoms with Gasteiger partial charge in [0.15, 0.2) is 0 Å². The van der Waals surface area contributed by atoms with Crippen LogP contribution in [0.4, 0.5) is 0 Å². The van der Waals surface area contributed by atoms with Gasteiger partial charge >= 0.3 is 5.97 Å². The molecule has 27 heavy (non-hydrogen) atoms. The van der Waals surface area contributed by atoms with E-state index in [-0.39, 0.29) is 12.1 Å². The molecule has 5 nitrogen and oxygen atoms in total. The molecule has 1 unspecified atom stereocenters. The number of aromatic nitrogens is 2. The fourth-order valence-corrected chi connectivity index (χ4v) is 3.25. The average molecular weight is 366 g/mol. The first kappa shape index (κ1) is 19.1. The SMILES string of the molecule is CCCOC(=O)c1cc2cccn2c(C(CC)OCc2ccccn2)c1C. The number of rotatable bonds is 8. The second-order valence-electron chi connectivity index (χ2n) is 6.54. The van der Waals surface area contributed by atoms with Crippen LogP contribution < -0.4 is 0 Å². The van der Waals surface area contributed by atoms with E-state index in [0.29, 0.717) is 18.8 Å². The van der Waals surface area contributed by atoms with E-state index in [9.17, 15) is 4.79 Å². The van der Waals surface area contributed by atoms with Crippen molar-refractivity contribution in [2.24, 2.45) is 0 Å². The maximum Gasteiger partial charge on any atom is 0.338 e. The lowest BCUT2D eigenvalue weighted by Gasteiger charge is -2.22. The molecular formula is C22H26N2O3. The molecule has 0 aliphatic heterocycles. The van der Waals surface area contributed by atoms with Crippen molar-refractivity contribution in [3.05, 3.63) is 71.3 Å². The molecule has 0 saturated carbocycles. The molecule has 3 aromatic heterocycles. The summed E-state index contributed by atoms with van der Waals surface area (Å²) in [6, 6.07) is 11.6. The topological polar surface area (TPSA) is 52.8 Å². The van der Waals surface area contributed by atoms with Gasteiger partial charge in [0.05, 0.1) is 36.3 Å². The van der Waals surface area contributed by atoms with Crippen molar-refractivity contribution < 1.29 is 14.3 Å². The maximum atomic E-state index is 12.6. The van der Waals surface area contributed by atoms with Gasteiger partial charge < -0.3 is 13.9 Å². The third-order valence-electron chi connectivity index (χ3n) is 4.61. The van der Waals surface area contributed by atoms with Gasteiger partial charge in [-0.15, -0.1) is 0 Å². The Morgan fingerprint density at radius 3 is 2.78 bits per heavy atom. The van der Waals surface area contributed by atoms with Crippen LogP contribution in [0.2, 0.25) is 0 Å². The van der Waals surface area contributed by atoms with Crippen LogP contribution in [0.1, 0.15) is 60.1 Å². The van der Waals surface area contributed by atoms with Gasteiger partial charge in [0, 0.05) is 17.9 Å². The van der Waals surface area contributed by atoms with E-state index >= 15 is 0 Å². The molecule has 3 rings (SSSR count). The first-order valence-electron chi connectivity index (χ1n) is 9.44. The van der Waals surface area contributed by atoms with Crippen molar-refractivity contribution in [2.75, 3.05) is 6.61 Å². The Labute approximate surface area is 159 Å². The summed E-state index contributed by atoms with van der Waals surface area (Å²) in [5, 5.41) is 0. The molecular weight excluding hydrogens is 340 g/mol. The van der Waals surface area contributed by atoms with Crippen molar-refractivity contribution in [3.63, 3.8) is 0 Å². The van der Waals surface area contributed by atoms with E-state index in [0.717, 1.165) is 35.3 Å². The highest BCUT2D eigenvalue weighted by molar-refractivity contribution is 5.92. The molecule has 0 spiro atoms. The Hall–Kier alpha value is -2.66. The quantitative estimate of drug-likeness (QED) is 0.533. The number of carbonyl (C=O) groups excluding carboxylic acids is 1. The number of hydrogen-bond donors (Lipinski definition) is 0. The number of ether oxygens (including phenoxy) is 2. The third kappa shape index (κ3) is 4.19. The van der Waals surface area contributed by atoms with Gasteiger partial charge in [0.2, 0.25) is 0 Å². The molecule has 0 fully saturated rings. The predicted octanol–water partition coefficient (Wildman–Crippen LogP) is 4.88. The first-order chi connectivity index (χ1) is 13.2. The van der Waals surface area contributed by atoms with Crippen molar-refractivity contribution >= 4 is 11.5 Å². The Morgan fingerprint density at radius 2 is 2.07 bits per heavy atom. The maximum absolute atomic E-state index is 12.6. The van der Waals surface area contributed by atoms with E-state index in [2.05, 4.69) is 16.3 Å². The number of hydrogen-bond acceptors (Lipinski definition) is 4. The highest BCUT2D eigenvalue weighted by atomic mass is 16.5. The highest BCUT2D eigenvalue weighted by Gasteiger charge is 2.22. The van der Waals surface area contributed by atoms with Gasteiger partial charge in [-0.2, -0.15) is 0 Å². The van der Waals surface area contributed by atoms with Crippen molar-refractivity contribution in [1.82, 2.24) is 9.38 Å². The second-order valence-corrected chi connectivity index (χ2v) is 6.54. The van der Waals surface area contributed by atoms with Crippen LogP contribution in [0.3, 0.4) is 0 Å². The first-order valence-corrected chi connectivity index (χ1v) is 9.44. The fraction of sp³-hybridized carbons (Fsp3) is 0.364. The van der Waals surface area contributed by atoms with Crippen LogP contribution in [0.25, 0.3) is 5.52 Å². The molecule has 1 atom stereocenters. The van der Waals surface area contributed by atoms with Crippen LogP contribution >= 0.6 is 0 Å². The Kier molecular flexibility index (Phi) is 6.24. The van der Waals surface area contributed by atoms with Crippen molar-refractivity contribution in [2.45, 2.75) is 46.3 Å². The third-order valence-corrected chi connectivity index (χ3v) is 4.61. The average Bonchev–Trinajstić information content (AvgIpc) is 3.16. The summed E-state index contributed by atoms with van der Waals surface area (Å²) < 4.78 is 13.7. The number of carbonyl (C=O) groups is 1. The summed E-state index contributed by atoms with van der Waals surface area (Å²) in [4.78, 5) is 16.9. The minimum atomic E-state index is -0.279. The van der Waals surface area contributed by atoms with Crippen LogP contribution in [0.15, 0.2) is 48.8 Å². The minimum absolute atomic E-state index is 0.152. The predicted molar refractivity (Wildman–Crippen MR) is 105 cm³/mol. The summed E-state index contributed by atoms with van der Waals surface area (Å²) in [6.07, 6.45) is 5.20. The van der Waals surface area contributed by atoms with Crippen LogP contribution in [-0.2, 0) is 16.1 Å². The summed E-state index contributed by atoms with van der Waals surface area (Å²) >= 11 is 0. The molecule has 0 radical (unpaired) electrons. The zero-order chi connectivity index (χ0) is 19.2. The molecule has 3 aromatic rings. The molecule has 0 aliphatic rings. The summed E-state index contributed by atoms with van der Waals surface area (Å²) in [7, 11) is 0. The van der Waals surface area contributed by atoms with E-state index in [1.807, 2.05) is 56.4 Å². The molecule has 0 aliphatic carbocycles. The van der Waals surface area contributed by atoms with Crippen molar-refractivity contribution in [3.8, 4) is 0 Å². The molecule has 0 saturated heterocycles. The molecule has 0 aromatic carbocycles. The highest BCUT2D eigenvalue weighted by Crippen LogP contribution is 2.29. The Morgan fingerprint density at radius 1 is 1.22 bits per heavy atom. The van der Waals surface area contributed by atoms with E-state index in [1.54, 1.807) is 6.20 Å². The zero-order valence-electron chi connectivity index (χ0n) is 16.1. The van der Waals surface area contributed by atoms with Crippen LogP contribution in [-0.4, -0.2) is 22.0 Å². The van der Waals surface area contributed by atoms with Gasteiger partial charge in [-0.25, -0.2) is 4.79 Å². The standard InChI is InChI=1S/C22H26N2O3/c1-4-13-26-22(25)19-14-18-10-8-12-24(18)21(16(19)3)20(5-2)27-15-17-9-6-7-11-23-17/h6-12,14,20H,4-5,13,15H2,1-3H3. The molecule has 3 heterocycles. The van der Waals surface area contributed by atoms with Gasteiger partial charge in [0.1, 0.15) is 0 Å². The largest absolute Gasteiger partial charge is 0.462 e. The lowest BCUT2D eigenvalue weighted by molar-refractivity contribution is 0.0311. The lowest BCUT2D eigenvalue weighted by Crippen LogP contribution is -2.16. The summed E-state index contributed by atoms with van der Waals surface area (Å²) in [6.45, 7) is 6.88. The number of esters is 1. The van der Waals surface area contributed by atoms with E-state index in [4.69, 9.17) is 9.47 Å². The van der Waals surface area contributed by atoms with E-state index < -0.39 is 0 Å². The number of pyridine rings is 2. The zero-order valence-corrected chi connectivity index (χ0v) is 16.1. The summed E-state index contributed by atoms with van der Waals surface area (Å²) in [5.74, 6) is -0.279. The molecule has 0 N–H and O–H groups in total. The Balaban J connectivity index is 1.96. The van der Waals surface area contributed by atoms with Crippen LogP contribution in [0, 0.1) is 6.92 Å². The lowest BCUT2D eigenvalue weighted by atomic mass is 10.0.